The Morgan fingerprint density at radius 2 is 0.553 bits per heavy atom. The minimum absolute atomic E-state index is 0.191. The molecule has 1 N–H and O–H groups in total. The zero-order valence-corrected chi connectivity index (χ0v) is 44.9. The van der Waals surface area contributed by atoms with Crippen molar-refractivity contribution < 1.29 is 78.6 Å². The average molecular weight is 1100 g/mol. The molecule has 6 aromatic rings. The van der Waals surface area contributed by atoms with Crippen molar-refractivity contribution in [1.82, 2.24) is 0 Å². The van der Waals surface area contributed by atoms with E-state index < -0.39 is 72.0 Å². The molecule has 0 saturated heterocycles. The maximum absolute atomic E-state index is 15.7. The average Bonchev–Trinajstić information content (AvgIpc) is 3.45. The summed E-state index contributed by atoms with van der Waals surface area (Å²) in [5.74, 6) is -1.76. The van der Waals surface area contributed by atoms with Crippen molar-refractivity contribution >= 4 is 35.4 Å². The first-order chi connectivity index (χ1) is 36.9. The number of rotatable bonds is 30. The van der Waals surface area contributed by atoms with E-state index in [1.165, 1.54) is 0 Å². The maximum Gasteiger partial charge on any atom is 0.475 e. The van der Waals surface area contributed by atoms with Crippen LogP contribution in [0.4, 0.5) is 0 Å². The fourth-order valence-corrected chi connectivity index (χ4v) is 11.8. The van der Waals surface area contributed by atoms with Crippen LogP contribution in [0.1, 0.15) is 72.9 Å². The third-order valence-electron chi connectivity index (χ3n) is 11.6. The molecular formula is C56H63O17P3. The fraction of sp³-hybridized carbons (Fsp3) is 0.321. The summed E-state index contributed by atoms with van der Waals surface area (Å²) >= 11 is 0. The summed E-state index contributed by atoms with van der Waals surface area (Å²) < 4.78 is 115. The smallest absolute Gasteiger partial charge is 0.457 e. The molecule has 0 amide bonds. The van der Waals surface area contributed by atoms with E-state index in [1.807, 2.05) is 0 Å². The number of ether oxygens (including phenoxy) is 2. The second-order valence-corrected chi connectivity index (χ2v) is 22.4. The molecule has 1 aliphatic rings. The van der Waals surface area contributed by atoms with Gasteiger partial charge in [0.05, 0.1) is 39.6 Å². The Kier molecular flexibility index (Phi) is 22.5. The number of aliphatic hydroxyl groups is 1. The van der Waals surface area contributed by atoms with E-state index in [9.17, 15) is 14.7 Å². The van der Waals surface area contributed by atoms with E-state index in [2.05, 4.69) is 0 Å². The van der Waals surface area contributed by atoms with Crippen LogP contribution in [-0.2, 0) is 113 Å². The van der Waals surface area contributed by atoms with Gasteiger partial charge < -0.3 is 14.6 Å². The number of carbonyl (C=O) groups excluding carboxylic acids is 2. The topological polar surface area (TPSA) is 207 Å². The summed E-state index contributed by atoms with van der Waals surface area (Å²) in [5, 5.41) is 12.7. The van der Waals surface area contributed by atoms with Gasteiger partial charge in [0.2, 0.25) is 0 Å². The molecule has 20 heteroatoms. The monoisotopic (exact) mass is 1100 g/mol. The Hall–Kier alpha value is -5.45. The highest BCUT2D eigenvalue weighted by Crippen LogP contribution is 2.61. The molecule has 1 aliphatic carbocycles. The van der Waals surface area contributed by atoms with Crippen LogP contribution in [0, 0.1) is 0 Å². The van der Waals surface area contributed by atoms with Crippen LogP contribution < -0.4 is 0 Å². The predicted molar refractivity (Wildman–Crippen MR) is 280 cm³/mol. The summed E-state index contributed by atoms with van der Waals surface area (Å²) in [7, 11) is -15.2. The van der Waals surface area contributed by atoms with Gasteiger partial charge in [-0.3, -0.25) is 50.3 Å². The number of aliphatic hydroxyl groups excluding tert-OH is 1. The highest BCUT2D eigenvalue weighted by Gasteiger charge is 2.62. The minimum atomic E-state index is -5.11. The van der Waals surface area contributed by atoms with Crippen LogP contribution >= 0.6 is 23.5 Å². The van der Waals surface area contributed by atoms with Gasteiger partial charge in [-0.05, 0) is 46.2 Å². The van der Waals surface area contributed by atoms with Crippen LogP contribution in [0.25, 0.3) is 0 Å². The Morgan fingerprint density at radius 3 is 0.750 bits per heavy atom. The van der Waals surface area contributed by atoms with Gasteiger partial charge in [0.15, 0.2) is 12.2 Å². The number of hydrogen-bond donors (Lipinski definition) is 1. The van der Waals surface area contributed by atoms with Crippen molar-refractivity contribution in [3.63, 3.8) is 0 Å². The lowest BCUT2D eigenvalue weighted by Crippen LogP contribution is -2.67. The number of hydrogen-bond acceptors (Lipinski definition) is 17. The van der Waals surface area contributed by atoms with E-state index in [-0.39, 0.29) is 65.3 Å². The Bertz CT molecular complexity index is 2540. The first-order valence-corrected chi connectivity index (χ1v) is 29.3. The molecule has 404 valence electrons. The molecule has 76 heavy (non-hydrogen) atoms. The van der Waals surface area contributed by atoms with Crippen molar-refractivity contribution in [2.45, 2.75) is 116 Å². The molecule has 0 bridgehead atoms. The molecule has 0 aliphatic heterocycles. The summed E-state index contributed by atoms with van der Waals surface area (Å²) in [4.78, 5) is 27.6. The molecule has 2 unspecified atom stereocenters. The molecule has 0 aromatic heterocycles. The van der Waals surface area contributed by atoms with Gasteiger partial charge in [-0.25, -0.2) is 13.7 Å². The van der Waals surface area contributed by atoms with Crippen LogP contribution in [0.5, 0.6) is 0 Å². The minimum Gasteiger partial charge on any atom is -0.457 e. The predicted octanol–water partition coefficient (Wildman–Crippen LogP) is 12.6. The quantitative estimate of drug-likeness (QED) is 0.0329. The van der Waals surface area contributed by atoms with Gasteiger partial charge in [-0.15, -0.1) is 0 Å². The number of esters is 2. The van der Waals surface area contributed by atoms with Gasteiger partial charge in [0.25, 0.3) is 0 Å². The van der Waals surface area contributed by atoms with Gasteiger partial charge in [0.1, 0.15) is 24.4 Å². The van der Waals surface area contributed by atoms with Gasteiger partial charge in [-0.1, -0.05) is 196 Å². The second-order valence-electron chi connectivity index (χ2n) is 17.5. The van der Waals surface area contributed by atoms with Crippen LogP contribution in [0.3, 0.4) is 0 Å². The lowest BCUT2D eigenvalue weighted by molar-refractivity contribution is -0.235. The van der Waals surface area contributed by atoms with Crippen molar-refractivity contribution in [3.8, 4) is 0 Å². The van der Waals surface area contributed by atoms with E-state index in [4.69, 9.17) is 50.2 Å². The van der Waals surface area contributed by atoms with Crippen LogP contribution in [-0.4, -0.2) is 53.7 Å². The number of carbonyl (C=O) groups is 2. The zero-order chi connectivity index (χ0) is 53.6. The second kappa shape index (κ2) is 29.3. The molecule has 17 nitrogen and oxygen atoms in total. The fourth-order valence-electron chi connectivity index (χ4n) is 7.71. The summed E-state index contributed by atoms with van der Waals surface area (Å²) in [6.07, 6.45) is -12.5. The Labute approximate surface area is 443 Å². The zero-order valence-electron chi connectivity index (χ0n) is 42.2. The highest BCUT2D eigenvalue weighted by atomic mass is 31.2. The molecular weight excluding hydrogens is 1040 g/mol. The number of phosphoric ester groups is 3. The maximum atomic E-state index is 15.7. The van der Waals surface area contributed by atoms with Crippen molar-refractivity contribution in [3.05, 3.63) is 215 Å². The largest absolute Gasteiger partial charge is 0.475 e. The summed E-state index contributed by atoms with van der Waals surface area (Å²) in [6, 6.07) is 52.0. The molecule has 7 rings (SSSR count). The first-order valence-electron chi connectivity index (χ1n) is 24.9. The molecule has 0 radical (unpaired) electrons. The van der Waals surface area contributed by atoms with Gasteiger partial charge in [-0.2, -0.15) is 0 Å². The van der Waals surface area contributed by atoms with Gasteiger partial charge in [0, 0.05) is 12.8 Å². The highest BCUT2D eigenvalue weighted by molar-refractivity contribution is 7.49. The van der Waals surface area contributed by atoms with E-state index in [0.717, 1.165) is 0 Å². The Morgan fingerprint density at radius 1 is 0.355 bits per heavy atom. The van der Waals surface area contributed by atoms with Crippen LogP contribution in [0.15, 0.2) is 182 Å². The third-order valence-corrected chi connectivity index (χ3v) is 15.7. The SMILES string of the molecule is CCCC(=O)O[C@H]1C(O)[C@H](OC(=O)CCC)[C@@H](OP(=O)(OCc2ccccc2)OCc2ccccc2)C(OP(=O)(OCc2ccccc2)OCc2ccccc2)[C@H]1OP(=O)(OCc1ccccc1)OCc1ccccc1. The number of benzene rings is 6. The van der Waals surface area contributed by atoms with Crippen molar-refractivity contribution in [1.29, 1.82) is 0 Å². The first kappa shape index (κ1) is 58.2. The van der Waals surface area contributed by atoms with Crippen molar-refractivity contribution in [2.75, 3.05) is 0 Å². The van der Waals surface area contributed by atoms with Gasteiger partial charge >= 0.3 is 35.4 Å². The molecule has 0 spiro atoms. The lowest BCUT2D eigenvalue weighted by atomic mass is 9.84. The normalized spacial score (nSPS) is 18.9. The lowest BCUT2D eigenvalue weighted by Gasteiger charge is -2.48. The standard InChI is InChI=1S/C56H63O17P3/c1-3-23-49(57)69-52-51(59)53(70-50(58)24-4-2)55(72-75(61,65-39-45-29-15-7-16-30-45)66-40-46-31-17-8-18-32-46)56(73-76(62,67-41-47-33-19-9-20-34-47)68-42-48-35-21-10-22-36-48)54(52)71-74(60,63-37-43-25-11-5-12-26-43)64-38-44-27-13-6-14-28-44/h5-22,25-36,51-56,59H,3-4,23-24,37-42H2,1-2H3/t51?,52-,53-,54-,55+,56?/m0/s1. The molecule has 1 saturated carbocycles. The van der Waals surface area contributed by atoms with E-state index >= 15 is 13.7 Å². The van der Waals surface area contributed by atoms with Crippen molar-refractivity contribution in [2.24, 2.45) is 0 Å². The Balaban J connectivity index is 1.41. The van der Waals surface area contributed by atoms with E-state index in [1.54, 1.807) is 196 Å². The molecule has 1 fully saturated rings. The summed E-state index contributed by atoms with van der Waals surface area (Å²) in [6.45, 7) is 1.24. The third kappa shape index (κ3) is 18.1. The number of phosphoric acid groups is 3. The molecule has 6 aromatic carbocycles. The van der Waals surface area contributed by atoms with Crippen LogP contribution in [0.2, 0.25) is 0 Å². The van der Waals surface area contributed by atoms with E-state index in [0.29, 0.717) is 33.4 Å². The summed E-state index contributed by atoms with van der Waals surface area (Å²) in [5.41, 5.74) is 3.24. The molecule has 6 atom stereocenters. The molecule has 0 heterocycles.